The molecule has 10 nitrogen and oxygen atoms in total. The molecule has 10 heteroatoms. The molecule has 1 aliphatic heterocycles. The zero-order valence-electron chi connectivity index (χ0n) is 18.1. The first-order valence-electron chi connectivity index (χ1n) is 10.3. The van der Waals surface area contributed by atoms with Crippen molar-refractivity contribution in [3.63, 3.8) is 0 Å². The van der Waals surface area contributed by atoms with E-state index in [2.05, 4.69) is 5.32 Å². The van der Waals surface area contributed by atoms with E-state index < -0.39 is 23.7 Å². The molecule has 3 rings (SSSR count). The Labute approximate surface area is 180 Å². The summed E-state index contributed by atoms with van der Waals surface area (Å²) in [6.07, 6.45) is 0.650. The van der Waals surface area contributed by atoms with Crippen LogP contribution in [0.3, 0.4) is 0 Å². The molecular weight excluding hydrogens is 402 g/mol. The van der Waals surface area contributed by atoms with E-state index in [1.54, 1.807) is 12.1 Å². The Bertz CT molecular complexity index is 1070. The van der Waals surface area contributed by atoms with Crippen molar-refractivity contribution in [3.8, 4) is 5.75 Å². The molecule has 2 heterocycles. The van der Waals surface area contributed by atoms with Crippen LogP contribution in [-0.4, -0.2) is 48.5 Å². The van der Waals surface area contributed by atoms with Gasteiger partial charge in [-0.05, 0) is 31.0 Å². The van der Waals surface area contributed by atoms with Gasteiger partial charge >= 0.3 is 5.69 Å². The van der Waals surface area contributed by atoms with Gasteiger partial charge in [0.1, 0.15) is 23.8 Å². The van der Waals surface area contributed by atoms with Crippen molar-refractivity contribution in [3.05, 3.63) is 44.6 Å². The molecule has 0 radical (unpaired) electrons. The van der Waals surface area contributed by atoms with Crippen LogP contribution in [0.4, 0.5) is 17.2 Å². The lowest BCUT2D eigenvalue weighted by Gasteiger charge is -2.30. The molecule has 1 amide bonds. The SMILES string of the molecule is CCCn1c(N)c(N2CCOCC2)c(=O)n(CC(=O)Nc2cc(C)ccc2OC)c1=O. The van der Waals surface area contributed by atoms with Gasteiger partial charge in [0.25, 0.3) is 5.56 Å². The molecule has 1 fully saturated rings. The predicted octanol–water partition coefficient (Wildman–Crippen LogP) is 0.795. The monoisotopic (exact) mass is 431 g/mol. The van der Waals surface area contributed by atoms with Crippen molar-refractivity contribution < 1.29 is 14.3 Å². The minimum absolute atomic E-state index is 0.121. The molecule has 0 bridgehead atoms. The number of aryl methyl sites for hydroxylation is 1. The van der Waals surface area contributed by atoms with Gasteiger partial charge in [-0.1, -0.05) is 13.0 Å². The molecule has 0 unspecified atom stereocenters. The Hall–Kier alpha value is -3.27. The number of carbonyl (C=O) groups is 1. The number of hydrogen-bond donors (Lipinski definition) is 2. The largest absolute Gasteiger partial charge is 0.495 e. The topological polar surface area (TPSA) is 121 Å². The van der Waals surface area contributed by atoms with Crippen LogP contribution in [0.2, 0.25) is 0 Å². The Morgan fingerprint density at radius 2 is 1.94 bits per heavy atom. The molecule has 0 aliphatic carbocycles. The number of anilines is 3. The number of aromatic nitrogens is 2. The second-order valence-corrected chi connectivity index (χ2v) is 7.41. The van der Waals surface area contributed by atoms with Crippen LogP contribution in [0.15, 0.2) is 27.8 Å². The molecule has 0 atom stereocenters. The number of methoxy groups -OCH3 is 1. The highest BCUT2D eigenvalue weighted by Gasteiger charge is 2.24. The van der Waals surface area contributed by atoms with E-state index in [1.165, 1.54) is 11.7 Å². The predicted molar refractivity (Wildman–Crippen MR) is 119 cm³/mol. The van der Waals surface area contributed by atoms with Crippen LogP contribution in [0.1, 0.15) is 18.9 Å². The number of nitrogens with one attached hydrogen (secondary N) is 1. The van der Waals surface area contributed by atoms with Crippen LogP contribution in [0, 0.1) is 6.92 Å². The van der Waals surface area contributed by atoms with Crippen molar-refractivity contribution in [1.82, 2.24) is 9.13 Å². The molecule has 0 spiro atoms. The lowest BCUT2D eigenvalue weighted by molar-refractivity contribution is -0.116. The zero-order chi connectivity index (χ0) is 22.5. The number of hydrogen-bond acceptors (Lipinski definition) is 7. The van der Waals surface area contributed by atoms with Gasteiger partial charge in [-0.15, -0.1) is 0 Å². The van der Waals surface area contributed by atoms with Gasteiger partial charge in [0.15, 0.2) is 0 Å². The van der Waals surface area contributed by atoms with Crippen LogP contribution in [0.5, 0.6) is 5.75 Å². The first-order chi connectivity index (χ1) is 14.9. The summed E-state index contributed by atoms with van der Waals surface area (Å²) in [5, 5.41) is 2.73. The number of nitrogen functional groups attached to an aromatic ring is 1. The van der Waals surface area contributed by atoms with E-state index in [9.17, 15) is 14.4 Å². The van der Waals surface area contributed by atoms with Gasteiger partial charge < -0.3 is 25.4 Å². The third kappa shape index (κ3) is 4.74. The summed E-state index contributed by atoms with van der Waals surface area (Å²) in [6.45, 7) is 5.58. The van der Waals surface area contributed by atoms with Gasteiger partial charge in [-0.3, -0.25) is 14.2 Å². The second kappa shape index (κ2) is 9.69. The highest BCUT2D eigenvalue weighted by atomic mass is 16.5. The smallest absolute Gasteiger partial charge is 0.333 e. The molecule has 2 aromatic rings. The Morgan fingerprint density at radius 1 is 1.23 bits per heavy atom. The number of amides is 1. The van der Waals surface area contributed by atoms with Gasteiger partial charge in [-0.25, -0.2) is 9.36 Å². The third-order valence-corrected chi connectivity index (χ3v) is 5.15. The van der Waals surface area contributed by atoms with Crippen molar-refractivity contribution in [2.75, 3.05) is 49.4 Å². The standard InChI is InChI=1S/C21H29N5O5/c1-4-7-25-19(22)18(24-8-10-31-11-9-24)20(28)26(21(25)29)13-17(27)23-15-12-14(2)5-6-16(15)30-3/h5-6,12H,4,7-11,13,22H2,1-3H3,(H,23,27). The lowest BCUT2D eigenvalue weighted by Crippen LogP contribution is -2.48. The second-order valence-electron chi connectivity index (χ2n) is 7.41. The number of nitrogens with two attached hydrogens (primary N) is 1. The summed E-state index contributed by atoms with van der Waals surface area (Å²) in [6, 6.07) is 5.36. The summed E-state index contributed by atoms with van der Waals surface area (Å²) < 4.78 is 12.9. The maximum atomic E-state index is 13.2. The van der Waals surface area contributed by atoms with E-state index in [-0.39, 0.29) is 11.5 Å². The van der Waals surface area contributed by atoms with Gasteiger partial charge in [0, 0.05) is 19.6 Å². The average molecular weight is 431 g/mol. The van der Waals surface area contributed by atoms with Crippen molar-refractivity contribution in [1.29, 1.82) is 0 Å². The fourth-order valence-electron chi connectivity index (χ4n) is 3.62. The third-order valence-electron chi connectivity index (χ3n) is 5.15. The number of carbonyl (C=O) groups excluding carboxylic acids is 1. The first-order valence-corrected chi connectivity index (χ1v) is 10.3. The van der Waals surface area contributed by atoms with Crippen LogP contribution in [-0.2, 0) is 22.6 Å². The number of ether oxygens (including phenoxy) is 2. The zero-order valence-corrected chi connectivity index (χ0v) is 18.1. The number of benzene rings is 1. The minimum Gasteiger partial charge on any atom is -0.495 e. The molecule has 3 N–H and O–H groups in total. The normalized spacial score (nSPS) is 13.8. The quantitative estimate of drug-likeness (QED) is 0.665. The van der Waals surface area contributed by atoms with Gasteiger partial charge in [0.2, 0.25) is 5.91 Å². The van der Waals surface area contributed by atoms with E-state index in [1.807, 2.05) is 24.8 Å². The van der Waals surface area contributed by atoms with E-state index >= 15 is 0 Å². The first kappa shape index (κ1) is 22.4. The summed E-state index contributed by atoms with van der Waals surface area (Å²) in [5.41, 5.74) is 6.68. The molecule has 0 saturated carbocycles. The number of nitrogens with zero attached hydrogens (tertiary/aromatic N) is 3. The fraction of sp³-hybridized carbons (Fsp3) is 0.476. The van der Waals surface area contributed by atoms with Crippen LogP contribution < -0.4 is 31.9 Å². The van der Waals surface area contributed by atoms with E-state index in [0.717, 1.165) is 10.1 Å². The Balaban J connectivity index is 1.99. The highest BCUT2D eigenvalue weighted by molar-refractivity contribution is 5.92. The molecule has 1 aliphatic rings. The molecule has 168 valence electrons. The van der Waals surface area contributed by atoms with Crippen molar-refractivity contribution in [2.45, 2.75) is 33.4 Å². The molecule has 1 aromatic carbocycles. The van der Waals surface area contributed by atoms with E-state index in [4.69, 9.17) is 15.2 Å². The highest BCUT2D eigenvalue weighted by Crippen LogP contribution is 2.25. The maximum Gasteiger partial charge on any atom is 0.333 e. The summed E-state index contributed by atoms with van der Waals surface area (Å²) in [5.74, 6) is 0.0978. The Morgan fingerprint density at radius 3 is 2.58 bits per heavy atom. The van der Waals surface area contributed by atoms with Gasteiger partial charge in [0.05, 0.1) is 26.0 Å². The van der Waals surface area contributed by atoms with Crippen molar-refractivity contribution in [2.24, 2.45) is 0 Å². The summed E-state index contributed by atoms with van der Waals surface area (Å²) >= 11 is 0. The average Bonchev–Trinajstić information content (AvgIpc) is 2.75. The summed E-state index contributed by atoms with van der Waals surface area (Å²) in [7, 11) is 1.50. The molecular formula is C21H29N5O5. The van der Waals surface area contributed by atoms with Crippen LogP contribution in [0.25, 0.3) is 0 Å². The number of morpholine rings is 1. The van der Waals surface area contributed by atoms with Crippen molar-refractivity contribution >= 4 is 23.1 Å². The fourth-order valence-corrected chi connectivity index (χ4v) is 3.62. The molecule has 1 saturated heterocycles. The Kier molecular flexibility index (Phi) is 7.01. The minimum atomic E-state index is -0.604. The summed E-state index contributed by atoms with van der Waals surface area (Å²) in [4.78, 5) is 40.8. The lowest BCUT2D eigenvalue weighted by atomic mass is 10.2. The molecule has 31 heavy (non-hydrogen) atoms. The molecule has 1 aromatic heterocycles. The number of rotatable bonds is 7. The van der Waals surface area contributed by atoms with Gasteiger partial charge in [-0.2, -0.15) is 0 Å². The van der Waals surface area contributed by atoms with Crippen LogP contribution >= 0.6 is 0 Å². The maximum absolute atomic E-state index is 13.2. The van der Waals surface area contributed by atoms with E-state index in [0.29, 0.717) is 50.7 Å².